The lowest BCUT2D eigenvalue weighted by molar-refractivity contribution is -0.119. The van der Waals surface area contributed by atoms with Gasteiger partial charge in [-0.05, 0) is 30.2 Å². The van der Waals surface area contributed by atoms with Gasteiger partial charge in [0.05, 0.1) is 0 Å². The first-order valence-corrected chi connectivity index (χ1v) is 6.49. The van der Waals surface area contributed by atoms with E-state index in [1.807, 2.05) is 0 Å². The summed E-state index contributed by atoms with van der Waals surface area (Å²) in [5.74, 6) is 0.0873. The van der Waals surface area contributed by atoms with Crippen molar-refractivity contribution in [1.82, 2.24) is 5.32 Å². The average Bonchev–Trinajstić information content (AvgIpc) is 2.77. The molecule has 1 fully saturated rings. The third kappa shape index (κ3) is 3.32. The highest BCUT2D eigenvalue weighted by molar-refractivity contribution is 5.72. The minimum absolute atomic E-state index is 0.0873. The fourth-order valence-corrected chi connectivity index (χ4v) is 2.88. The lowest BCUT2D eigenvalue weighted by atomic mass is 9.80. The van der Waals surface area contributed by atoms with Crippen LogP contribution in [0.2, 0.25) is 0 Å². The second kappa shape index (κ2) is 5.35. The number of hydrogen-bond acceptors (Lipinski definition) is 1. The Balaban J connectivity index is 2.04. The Morgan fingerprint density at radius 2 is 1.88 bits per heavy atom. The van der Waals surface area contributed by atoms with Gasteiger partial charge in [-0.3, -0.25) is 4.79 Å². The van der Waals surface area contributed by atoms with Crippen LogP contribution in [-0.2, 0) is 11.2 Å². The van der Waals surface area contributed by atoms with Crippen molar-refractivity contribution in [2.45, 2.75) is 39.0 Å². The minimum atomic E-state index is 0.0873. The van der Waals surface area contributed by atoms with Crippen LogP contribution in [0.3, 0.4) is 0 Å². The van der Waals surface area contributed by atoms with Gasteiger partial charge in [0.15, 0.2) is 0 Å². The number of benzene rings is 1. The molecule has 17 heavy (non-hydrogen) atoms. The Bertz CT molecular complexity index is 366. The molecule has 2 nitrogen and oxygen atoms in total. The Labute approximate surface area is 103 Å². The molecule has 1 saturated carbocycles. The van der Waals surface area contributed by atoms with Gasteiger partial charge in [-0.25, -0.2) is 0 Å². The second-order valence-electron chi connectivity index (χ2n) is 5.28. The first-order chi connectivity index (χ1) is 8.20. The van der Waals surface area contributed by atoms with Crippen molar-refractivity contribution >= 4 is 5.91 Å². The van der Waals surface area contributed by atoms with Crippen LogP contribution in [0.5, 0.6) is 0 Å². The SMILES string of the molecule is CC(=O)NCC1(Cc2ccccc2)CCCC1. The van der Waals surface area contributed by atoms with Gasteiger partial charge in [0.1, 0.15) is 0 Å². The minimum Gasteiger partial charge on any atom is -0.356 e. The van der Waals surface area contributed by atoms with Crippen LogP contribution in [0.1, 0.15) is 38.2 Å². The molecule has 0 heterocycles. The maximum atomic E-state index is 11.1. The highest BCUT2D eigenvalue weighted by atomic mass is 16.1. The van der Waals surface area contributed by atoms with E-state index in [1.54, 1.807) is 6.92 Å². The molecule has 0 atom stereocenters. The van der Waals surface area contributed by atoms with E-state index < -0.39 is 0 Å². The lowest BCUT2D eigenvalue weighted by Crippen LogP contribution is -2.36. The topological polar surface area (TPSA) is 29.1 Å². The van der Waals surface area contributed by atoms with E-state index in [2.05, 4.69) is 35.6 Å². The maximum absolute atomic E-state index is 11.1. The van der Waals surface area contributed by atoms with E-state index in [9.17, 15) is 4.79 Å². The molecule has 1 aromatic rings. The molecule has 1 N–H and O–H groups in total. The van der Waals surface area contributed by atoms with Crippen LogP contribution in [0.4, 0.5) is 0 Å². The van der Waals surface area contributed by atoms with Crippen molar-refractivity contribution in [3.8, 4) is 0 Å². The Morgan fingerprint density at radius 3 is 2.47 bits per heavy atom. The van der Waals surface area contributed by atoms with Crippen molar-refractivity contribution in [3.05, 3.63) is 35.9 Å². The number of nitrogens with one attached hydrogen (secondary N) is 1. The van der Waals surface area contributed by atoms with E-state index in [0.717, 1.165) is 13.0 Å². The summed E-state index contributed by atoms with van der Waals surface area (Å²) in [5, 5.41) is 3.01. The summed E-state index contributed by atoms with van der Waals surface area (Å²) >= 11 is 0. The summed E-state index contributed by atoms with van der Waals surface area (Å²) in [7, 11) is 0. The van der Waals surface area contributed by atoms with E-state index in [1.165, 1.54) is 31.2 Å². The molecule has 1 aliphatic rings. The van der Waals surface area contributed by atoms with Crippen molar-refractivity contribution in [1.29, 1.82) is 0 Å². The predicted molar refractivity (Wildman–Crippen MR) is 69.7 cm³/mol. The lowest BCUT2D eigenvalue weighted by Gasteiger charge is -2.29. The molecule has 0 aromatic heterocycles. The van der Waals surface area contributed by atoms with E-state index in [0.29, 0.717) is 5.41 Å². The van der Waals surface area contributed by atoms with Crippen LogP contribution in [0.15, 0.2) is 30.3 Å². The maximum Gasteiger partial charge on any atom is 0.216 e. The van der Waals surface area contributed by atoms with E-state index in [-0.39, 0.29) is 5.91 Å². The quantitative estimate of drug-likeness (QED) is 0.848. The molecule has 0 bridgehead atoms. The summed E-state index contributed by atoms with van der Waals surface area (Å²) in [4.78, 5) is 11.1. The summed E-state index contributed by atoms with van der Waals surface area (Å²) < 4.78 is 0. The molecule has 0 saturated heterocycles. The van der Waals surface area contributed by atoms with Crippen molar-refractivity contribution < 1.29 is 4.79 Å². The largest absolute Gasteiger partial charge is 0.356 e. The van der Waals surface area contributed by atoms with E-state index >= 15 is 0 Å². The van der Waals surface area contributed by atoms with E-state index in [4.69, 9.17) is 0 Å². The number of carbonyl (C=O) groups excluding carboxylic acids is 1. The van der Waals surface area contributed by atoms with Crippen molar-refractivity contribution in [2.75, 3.05) is 6.54 Å². The highest BCUT2D eigenvalue weighted by Gasteiger charge is 2.33. The smallest absolute Gasteiger partial charge is 0.216 e. The van der Waals surface area contributed by atoms with Crippen LogP contribution < -0.4 is 5.32 Å². The molecule has 0 aliphatic heterocycles. The van der Waals surface area contributed by atoms with Gasteiger partial charge in [0, 0.05) is 13.5 Å². The molecular weight excluding hydrogens is 210 g/mol. The van der Waals surface area contributed by atoms with Gasteiger partial charge in [0.2, 0.25) is 5.91 Å². The zero-order valence-corrected chi connectivity index (χ0v) is 10.5. The molecule has 0 unspecified atom stereocenters. The molecular formula is C15H21NO. The number of hydrogen-bond donors (Lipinski definition) is 1. The molecule has 92 valence electrons. The van der Waals surface area contributed by atoms with Gasteiger partial charge in [-0.2, -0.15) is 0 Å². The van der Waals surface area contributed by atoms with Crippen LogP contribution >= 0.6 is 0 Å². The Hall–Kier alpha value is -1.31. The van der Waals surface area contributed by atoms with Gasteiger partial charge < -0.3 is 5.32 Å². The monoisotopic (exact) mass is 231 g/mol. The van der Waals surface area contributed by atoms with Crippen molar-refractivity contribution in [3.63, 3.8) is 0 Å². The normalized spacial score (nSPS) is 17.9. The standard InChI is InChI=1S/C15H21NO/c1-13(17)16-12-15(9-5-6-10-15)11-14-7-3-2-4-8-14/h2-4,7-8H,5-6,9-12H2,1H3,(H,16,17). The Kier molecular flexibility index (Phi) is 3.82. The first-order valence-electron chi connectivity index (χ1n) is 6.49. The van der Waals surface area contributed by atoms with Crippen LogP contribution in [0, 0.1) is 5.41 Å². The predicted octanol–water partition coefficient (Wildman–Crippen LogP) is 2.93. The summed E-state index contributed by atoms with van der Waals surface area (Å²) in [6.45, 7) is 2.43. The van der Waals surface area contributed by atoms with Crippen LogP contribution in [-0.4, -0.2) is 12.5 Å². The zero-order valence-electron chi connectivity index (χ0n) is 10.5. The van der Waals surface area contributed by atoms with Crippen molar-refractivity contribution in [2.24, 2.45) is 5.41 Å². The van der Waals surface area contributed by atoms with Gasteiger partial charge in [0.25, 0.3) is 0 Å². The fourth-order valence-electron chi connectivity index (χ4n) is 2.88. The number of amides is 1. The summed E-state index contributed by atoms with van der Waals surface area (Å²) in [6.07, 6.45) is 6.16. The number of rotatable bonds is 4. The molecule has 1 amide bonds. The molecule has 2 heteroatoms. The molecule has 2 rings (SSSR count). The van der Waals surface area contributed by atoms with Gasteiger partial charge in [-0.15, -0.1) is 0 Å². The third-order valence-electron chi connectivity index (χ3n) is 3.80. The van der Waals surface area contributed by atoms with Gasteiger partial charge in [-0.1, -0.05) is 43.2 Å². The molecule has 1 aliphatic carbocycles. The molecule has 1 aromatic carbocycles. The second-order valence-corrected chi connectivity index (χ2v) is 5.28. The van der Waals surface area contributed by atoms with Gasteiger partial charge >= 0.3 is 0 Å². The summed E-state index contributed by atoms with van der Waals surface area (Å²) in [6, 6.07) is 10.6. The average molecular weight is 231 g/mol. The third-order valence-corrected chi connectivity index (χ3v) is 3.80. The number of carbonyl (C=O) groups is 1. The zero-order chi connectivity index (χ0) is 12.1. The summed E-state index contributed by atoms with van der Waals surface area (Å²) in [5.41, 5.74) is 1.69. The Morgan fingerprint density at radius 1 is 1.24 bits per heavy atom. The fraction of sp³-hybridized carbons (Fsp3) is 0.533. The van der Waals surface area contributed by atoms with Crippen LogP contribution in [0.25, 0.3) is 0 Å². The highest BCUT2D eigenvalue weighted by Crippen LogP contribution is 2.40. The molecule has 0 radical (unpaired) electrons. The molecule has 0 spiro atoms. The first kappa shape index (κ1) is 12.2.